The first-order valence-electron chi connectivity index (χ1n) is 18.2. The number of esters is 1. The van der Waals surface area contributed by atoms with Gasteiger partial charge in [-0.15, -0.1) is 0 Å². The Morgan fingerprint density at radius 3 is 1.86 bits per heavy atom. The van der Waals surface area contributed by atoms with Gasteiger partial charge in [-0.3, -0.25) is 28.8 Å². The fraction of sp³-hybridized carbons (Fsp3) is 0.829. The van der Waals surface area contributed by atoms with E-state index in [1.165, 1.54) is 31.2 Å². The summed E-state index contributed by atoms with van der Waals surface area (Å²) in [6.07, 6.45) is 8.82. The van der Waals surface area contributed by atoms with Crippen LogP contribution in [0.1, 0.15) is 118 Å². The van der Waals surface area contributed by atoms with Crippen LogP contribution < -0.4 is 21.3 Å². The first kappa shape index (κ1) is 43.8. The number of aliphatic hydroxyl groups is 2. The van der Waals surface area contributed by atoms with E-state index in [1.807, 2.05) is 20.8 Å². The zero-order valence-corrected chi connectivity index (χ0v) is 30.6. The van der Waals surface area contributed by atoms with Crippen molar-refractivity contribution < 1.29 is 43.7 Å². The van der Waals surface area contributed by atoms with E-state index in [0.717, 1.165) is 25.7 Å². The number of hydrogen-bond donors (Lipinski definition) is 6. The maximum atomic E-state index is 13.9. The minimum absolute atomic E-state index is 0.00487. The number of rotatable bonds is 16. The molecule has 282 valence electrons. The Kier molecular flexibility index (Phi) is 21.4. The molecule has 1 aliphatic heterocycles. The van der Waals surface area contributed by atoms with Gasteiger partial charge in [0, 0.05) is 13.7 Å². The van der Waals surface area contributed by atoms with Gasteiger partial charge in [0.1, 0.15) is 36.8 Å². The van der Waals surface area contributed by atoms with E-state index < -0.39 is 91.5 Å². The molecule has 1 aliphatic rings. The first-order chi connectivity index (χ1) is 23.3. The van der Waals surface area contributed by atoms with Crippen molar-refractivity contribution in [3.8, 4) is 0 Å². The number of nitrogens with one attached hydrogen (secondary N) is 4. The molecule has 0 aromatic carbocycles. The summed E-state index contributed by atoms with van der Waals surface area (Å²) in [6, 6.07) is -4.79. The number of ether oxygens (including phenoxy) is 1. The van der Waals surface area contributed by atoms with E-state index in [2.05, 4.69) is 28.2 Å². The Morgan fingerprint density at radius 1 is 0.735 bits per heavy atom. The van der Waals surface area contributed by atoms with Gasteiger partial charge in [-0.05, 0) is 38.0 Å². The molecule has 1 fully saturated rings. The fourth-order valence-corrected chi connectivity index (χ4v) is 5.87. The zero-order valence-electron chi connectivity index (χ0n) is 30.6. The van der Waals surface area contributed by atoms with Crippen molar-refractivity contribution in [2.45, 2.75) is 148 Å². The summed E-state index contributed by atoms with van der Waals surface area (Å²) in [5.41, 5.74) is 0. The summed E-state index contributed by atoms with van der Waals surface area (Å²) < 4.78 is 5.79. The quantitative estimate of drug-likeness (QED) is 0.103. The predicted octanol–water partition coefficient (Wildman–Crippen LogP) is 1.70. The molecule has 14 nitrogen and oxygen atoms in total. The van der Waals surface area contributed by atoms with E-state index in [9.17, 15) is 39.0 Å². The highest BCUT2D eigenvalue weighted by Crippen LogP contribution is 2.22. The molecule has 0 bridgehead atoms. The van der Waals surface area contributed by atoms with E-state index >= 15 is 0 Å². The summed E-state index contributed by atoms with van der Waals surface area (Å²) >= 11 is 0. The van der Waals surface area contributed by atoms with Gasteiger partial charge in [-0.2, -0.15) is 0 Å². The summed E-state index contributed by atoms with van der Waals surface area (Å²) in [5, 5.41) is 29.5. The lowest BCUT2D eigenvalue weighted by Crippen LogP contribution is -2.59. The van der Waals surface area contributed by atoms with E-state index in [4.69, 9.17) is 4.74 Å². The van der Waals surface area contributed by atoms with Crippen molar-refractivity contribution in [2.75, 3.05) is 26.8 Å². The lowest BCUT2D eigenvalue weighted by molar-refractivity contribution is -0.157. The number of aliphatic hydroxyl groups excluding tert-OH is 2. The summed E-state index contributed by atoms with van der Waals surface area (Å²) in [7, 11) is 1.52. The normalized spacial score (nSPS) is 25.4. The van der Waals surface area contributed by atoms with Crippen LogP contribution >= 0.6 is 0 Å². The molecule has 0 spiro atoms. The van der Waals surface area contributed by atoms with Gasteiger partial charge in [-0.1, -0.05) is 86.0 Å². The van der Waals surface area contributed by atoms with Crippen molar-refractivity contribution in [3.05, 3.63) is 0 Å². The molecule has 0 aromatic heterocycles. The maximum Gasteiger partial charge on any atom is 0.325 e. The van der Waals surface area contributed by atoms with Gasteiger partial charge in [-0.25, -0.2) is 0 Å². The topological polar surface area (TPSA) is 203 Å². The molecule has 0 radical (unpaired) electrons. The van der Waals surface area contributed by atoms with Crippen LogP contribution in [-0.4, -0.2) is 108 Å². The summed E-state index contributed by atoms with van der Waals surface area (Å²) in [6.45, 7) is 7.62. The van der Waals surface area contributed by atoms with Crippen LogP contribution in [-0.2, 0) is 33.5 Å². The second kappa shape index (κ2) is 24.0. The Hall–Kier alpha value is -3.26. The molecule has 6 atom stereocenters. The number of amides is 5. The second-order valence-electron chi connectivity index (χ2n) is 13.6. The molecule has 1 unspecified atom stereocenters. The highest BCUT2D eigenvalue weighted by atomic mass is 16.5. The Labute approximate surface area is 292 Å². The molecule has 1 heterocycles. The Morgan fingerprint density at radius 2 is 1.29 bits per heavy atom. The number of cyclic esters (lactones) is 1. The number of hydrogen-bond acceptors (Lipinski definition) is 9. The maximum absolute atomic E-state index is 13.9. The average molecular weight is 698 g/mol. The molecule has 0 aromatic rings. The lowest BCUT2D eigenvalue weighted by Gasteiger charge is -2.34. The van der Waals surface area contributed by atoms with Crippen molar-refractivity contribution in [1.82, 2.24) is 26.2 Å². The molecule has 5 amide bonds. The highest BCUT2D eigenvalue weighted by molar-refractivity contribution is 5.96. The van der Waals surface area contributed by atoms with Gasteiger partial charge in [0.25, 0.3) is 0 Å². The monoisotopic (exact) mass is 697 g/mol. The first-order valence-corrected chi connectivity index (χ1v) is 18.2. The Balaban J connectivity index is 3.43. The second-order valence-corrected chi connectivity index (χ2v) is 13.6. The van der Waals surface area contributed by atoms with E-state index in [0.29, 0.717) is 25.7 Å². The predicted molar refractivity (Wildman–Crippen MR) is 185 cm³/mol. The summed E-state index contributed by atoms with van der Waals surface area (Å²) in [5.74, 6) is -4.96. The SMILES string of the molecule is CCCCCCCCCCC1OC(=O)CNC(=O)[C@H](CCO)NC(=O)[C@H](CO)NC(=O)[C@H](CCC)NC(=O)[C@H](CC(C)C)N(C)C(=O)[C@@H]1C. The van der Waals surface area contributed by atoms with Crippen LogP contribution in [0.2, 0.25) is 0 Å². The third kappa shape index (κ3) is 15.9. The molecular weight excluding hydrogens is 634 g/mol. The molecule has 1 saturated heterocycles. The van der Waals surface area contributed by atoms with Crippen LogP contribution in [0.25, 0.3) is 0 Å². The van der Waals surface area contributed by atoms with Gasteiger partial charge in [0.05, 0.1) is 12.5 Å². The van der Waals surface area contributed by atoms with Crippen LogP contribution in [0.15, 0.2) is 0 Å². The number of nitrogens with zero attached hydrogens (tertiary/aromatic N) is 1. The number of carbonyl (C=O) groups is 6. The third-order valence-electron chi connectivity index (χ3n) is 8.87. The number of likely N-dealkylation sites (N-methyl/N-ethyl adjacent to an activating group) is 1. The zero-order chi connectivity index (χ0) is 36.9. The fourth-order valence-electron chi connectivity index (χ4n) is 5.87. The largest absolute Gasteiger partial charge is 0.460 e. The lowest BCUT2D eigenvalue weighted by atomic mass is 9.94. The molecule has 1 rings (SSSR count). The van der Waals surface area contributed by atoms with E-state index in [1.54, 1.807) is 6.92 Å². The van der Waals surface area contributed by atoms with Gasteiger partial charge in [0.2, 0.25) is 29.5 Å². The minimum atomic E-state index is -1.47. The van der Waals surface area contributed by atoms with Crippen molar-refractivity contribution in [1.29, 1.82) is 0 Å². The van der Waals surface area contributed by atoms with Gasteiger partial charge < -0.3 is 41.1 Å². The van der Waals surface area contributed by atoms with Crippen molar-refractivity contribution in [2.24, 2.45) is 11.8 Å². The molecule has 0 aliphatic carbocycles. The highest BCUT2D eigenvalue weighted by Gasteiger charge is 2.37. The van der Waals surface area contributed by atoms with Crippen LogP contribution in [0.5, 0.6) is 0 Å². The Bertz CT molecular complexity index is 1060. The van der Waals surface area contributed by atoms with Gasteiger partial charge >= 0.3 is 5.97 Å². The van der Waals surface area contributed by atoms with Crippen molar-refractivity contribution >= 4 is 35.5 Å². The van der Waals surface area contributed by atoms with Crippen LogP contribution in [0.4, 0.5) is 0 Å². The third-order valence-corrected chi connectivity index (χ3v) is 8.87. The average Bonchev–Trinajstić information content (AvgIpc) is 3.06. The minimum Gasteiger partial charge on any atom is -0.460 e. The number of unbranched alkanes of at least 4 members (excludes halogenated alkanes) is 7. The molecule has 0 saturated carbocycles. The number of carbonyl (C=O) groups excluding carboxylic acids is 6. The van der Waals surface area contributed by atoms with Gasteiger partial charge in [0.15, 0.2) is 0 Å². The van der Waals surface area contributed by atoms with Crippen molar-refractivity contribution in [3.63, 3.8) is 0 Å². The molecule has 6 N–H and O–H groups in total. The van der Waals surface area contributed by atoms with E-state index in [-0.39, 0.29) is 18.8 Å². The van der Waals surface area contributed by atoms with Crippen LogP contribution in [0.3, 0.4) is 0 Å². The molecule has 14 heteroatoms. The molecule has 49 heavy (non-hydrogen) atoms. The summed E-state index contributed by atoms with van der Waals surface area (Å²) in [4.78, 5) is 81.4. The smallest absolute Gasteiger partial charge is 0.325 e. The van der Waals surface area contributed by atoms with Crippen LogP contribution in [0, 0.1) is 11.8 Å². The standard InChI is InChI=1S/C35H63N5O9/c1-7-9-10-11-12-13-14-15-17-29-24(5)35(48)40(6)28(20-23(3)4)34(47)38-25(16-8-2)32(45)39-27(22-42)33(46)37-26(18-19-41)31(44)36-21-30(43)49-29/h23-29,41-42H,7-22H2,1-6H3,(H,36,44)(H,37,46)(H,38,47)(H,39,45)/t24-,25+,26+,27+,28+,29?/m1/s1. The molecular formula is C35H63N5O9.